The van der Waals surface area contributed by atoms with Gasteiger partial charge in [-0.1, -0.05) is 15.9 Å². The Labute approximate surface area is 122 Å². The molecule has 1 aromatic carbocycles. The summed E-state index contributed by atoms with van der Waals surface area (Å²) in [5.41, 5.74) is 2.59. The van der Waals surface area contributed by atoms with Gasteiger partial charge in [-0.25, -0.2) is 0 Å². The Bertz CT molecular complexity index is 444. The van der Waals surface area contributed by atoms with Gasteiger partial charge in [-0.2, -0.15) is 0 Å². The first-order chi connectivity index (χ1) is 9.33. The minimum atomic E-state index is 0.662. The number of hydrogen-bond donors (Lipinski definition) is 1. The second-order valence-corrected chi connectivity index (χ2v) is 6.28. The summed E-state index contributed by atoms with van der Waals surface area (Å²) in [5, 5.41) is 3.55. The van der Waals surface area contributed by atoms with Crippen LogP contribution in [0.1, 0.15) is 24.0 Å². The van der Waals surface area contributed by atoms with E-state index in [-0.39, 0.29) is 0 Å². The lowest BCUT2D eigenvalue weighted by molar-refractivity contribution is 0.0547. The third-order valence-electron chi connectivity index (χ3n) is 3.83. The summed E-state index contributed by atoms with van der Waals surface area (Å²) in [6.07, 6.45) is 3.50. The van der Waals surface area contributed by atoms with Crippen LogP contribution >= 0.6 is 15.9 Å². The molecule has 2 aliphatic rings. The predicted octanol–water partition coefficient (Wildman–Crippen LogP) is 2.90. The molecular weight excluding hydrogens is 306 g/mol. The number of nitrogens with one attached hydrogen (secondary N) is 1. The quantitative estimate of drug-likeness (QED) is 0.923. The van der Waals surface area contributed by atoms with E-state index < -0.39 is 0 Å². The highest BCUT2D eigenvalue weighted by molar-refractivity contribution is 9.10. The van der Waals surface area contributed by atoms with Crippen LogP contribution in [0.4, 0.5) is 0 Å². The molecule has 0 bridgehead atoms. The van der Waals surface area contributed by atoms with E-state index in [0.29, 0.717) is 5.92 Å². The summed E-state index contributed by atoms with van der Waals surface area (Å²) in [7, 11) is 0. The van der Waals surface area contributed by atoms with Crippen molar-refractivity contribution >= 4 is 15.9 Å². The fraction of sp³-hybridized carbons (Fsp3) is 0.600. The minimum absolute atomic E-state index is 0.662. The monoisotopic (exact) mass is 325 g/mol. The van der Waals surface area contributed by atoms with Gasteiger partial charge in [-0.05, 0) is 36.5 Å². The topological polar surface area (TPSA) is 30.5 Å². The fourth-order valence-electron chi connectivity index (χ4n) is 2.86. The van der Waals surface area contributed by atoms with E-state index in [2.05, 4.69) is 33.4 Å². The molecule has 1 unspecified atom stereocenters. The SMILES string of the molecule is Brc1cc2c(c(CNCC3CCCOC3)c1)OCC2. The molecule has 1 fully saturated rings. The summed E-state index contributed by atoms with van der Waals surface area (Å²) in [6, 6.07) is 4.33. The van der Waals surface area contributed by atoms with Gasteiger partial charge in [0.15, 0.2) is 0 Å². The first-order valence-electron chi connectivity index (χ1n) is 7.05. The van der Waals surface area contributed by atoms with Gasteiger partial charge in [0.2, 0.25) is 0 Å². The molecule has 2 aliphatic heterocycles. The highest BCUT2D eigenvalue weighted by Gasteiger charge is 2.18. The van der Waals surface area contributed by atoms with E-state index in [1.807, 2.05) is 0 Å². The number of benzene rings is 1. The second-order valence-electron chi connectivity index (χ2n) is 5.37. The number of hydrogen-bond acceptors (Lipinski definition) is 3. The Morgan fingerprint density at radius 1 is 1.32 bits per heavy atom. The maximum Gasteiger partial charge on any atom is 0.127 e. The normalized spacial score (nSPS) is 22.1. The highest BCUT2D eigenvalue weighted by Crippen LogP contribution is 2.32. The molecule has 0 aliphatic carbocycles. The van der Waals surface area contributed by atoms with Crippen molar-refractivity contribution in [3.8, 4) is 5.75 Å². The van der Waals surface area contributed by atoms with Crippen molar-refractivity contribution in [1.82, 2.24) is 5.32 Å². The zero-order chi connectivity index (χ0) is 13.1. The molecular formula is C15H20BrNO2. The summed E-state index contributed by atoms with van der Waals surface area (Å²) in [5.74, 6) is 1.76. The van der Waals surface area contributed by atoms with Crippen LogP contribution in [-0.2, 0) is 17.7 Å². The molecule has 19 heavy (non-hydrogen) atoms. The molecule has 1 saturated heterocycles. The third kappa shape index (κ3) is 3.30. The van der Waals surface area contributed by atoms with Crippen molar-refractivity contribution in [2.75, 3.05) is 26.4 Å². The summed E-state index contributed by atoms with van der Waals surface area (Å²) in [6.45, 7) is 4.55. The maximum atomic E-state index is 5.74. The lowest BCUT2D eigenvalue weighted by atomic mass is 10.0. The van der Waals surface area contributed by atoms with Gasteiger partial charge in [-0.3, -0.25) is 0 Å². The molecule has 4 heteroatoms. The van der Waals surface area contributed by atoms with Gasteiger partial charge < -0.3 is 14.8 Å². The standard InChI is InChI=1S/C15H20BrNO2/c16-14-6-12-3-5-19-15(12)13(7-14)9-17-8-11-2-1-4-18-10-11/h6-7,11,17H,1-5,8-10H2. The summed E-state index contributed by atoms with van der Waals surface area (Å²) >= 11 is 3.58. The van der Waals surface area contributed by atoms with Crippen molar-refractivity contribution in [3.63, 3.8) is 0 Å². The second kappa shape index (κ2) is 6.25. The molecule has 3 nitrogen and oxygen atoms in total. The molecule has 104 valence electrons. The van der Waals surface area contributed by atoms with E-state index in [4.69, 9.17) is 9.47 Å². The molecule has 1 N–H and O–H groups in total. The molecule has 3 rings (SSSR count). The predicted molar refractivity (Wildman–Crippen MR) is 78.6 cm³/mol. The van der Waals surface area contributed by atoms with E-state index in [1.165, 1.54) is 24.0 Å². The van der Waals surface area contributed by atoms with Gasteiger partial charge in [0.25, 0.3) is 0 Å². The van der Waals surface area contributed by atoms with Crippen LogP contribution in [0.25, 0.3) is 0 Å². The van der Waals surface area contributed by atoms with E-state index in [0.717, 1.165) is 49.6 Å². The Morgan fingerprint density at radius 2 is 2.26 bits per heavy atom. The largest absolute Gasteiger partial charge is 0.493 e. The number of halogens is 1. The number of fused-ring (bicyclic) bond motifs is 1. The van der Waals surface area contributed by atoms with Crippen LogP contribution in [0.5, 0.6) is 5.75 Å². The van der Waals surface area contributed by atoms with E-state index >= 15 is 0 Å². The Hall–Kier alpha value is -0.580. The zero-order valence-corrected chi connectivity index (χ0v) is 12.7. The molecule has 1 atom stereocenters. The first-order valence-corrected chi connectivity index (χ1v) is 7.85. The summed E-state index contributed by atoms with van der Waals surface area (Å²) < 4.78 is 12.4. The van der Waals surface area contributed by atoms with Gasteiger partial charge >= 0.3 is 0 Å². The zero-order valence-electron chi connectivity index (χ0n) is 11.1. The number of rotatable bonds is 4. The molecule has 0 spiro atoms. The molecule has 2 heterocycles. The van der Waals surface area contributed by atoms with Crippen LogP contribution in [-0.4, -0.2) is 26.4 Å². The van der Waals surface area contributed by atoms with Gasteiger partial charge in [-0.15, -0.1) is 0 Å². The van der Waals surface area contributed by atoms with Gasteiger partial charge in [0.05, 0.1) is 13.2 Å². The van der Waals surface area contributed by atoms with Crippen LogP contribution in [0.2, 0.25) is 0 Å². The van der Waals surface area contributed by atoms with E-state index in [1.54, 1.807) is 0 Å². The van der Waals surface area contributed by atoms with Crippen molar-refractivity contribution in [2.45, 2.75) is 25.8 Å². The molecule has 0 radical (unpaired) electrons. The third-order valence-corrected chi connectivity index (χ3v) is 4.29. The Kier molecular flexibility index (Phi) is 4.41. The molecule has 0 aromatic heterocycles. The van der Waals surface area contributed by atoms with Crippen LogP contribution in [0.15, 0.2) is 16.6 Å². The van der Waals surface area contributed by atoms with Gasteiger partial charge in [0, 0.05) is 36.2 Å². The van der Waals surface area contributed by atoms with Gasteiger partial charge in [0.1, 0.15) is 5.75 Å². The smallest absolute Gasteiger partial charge is 0.127 e. The fourth-order valence-corrected chi connectivity index (χ4v) is 3.41. The van der Waals surface area contributed by atoms with Crippen LogP contribution < -0.4 is 10.1 Å². The molecule has 1 aromatic rings. The first kappa shape index (κ1) is 13.4. The minimum Gasteiger partial charge on any atom is -0.493 e. The average Bonchev–Trinajstić information content (AvgIpc) is 2.88. The lowest BCUT2D eigenvalue weighted by Crippen LogP contribution is -2.29. The van der Waals surface area contributed by atoms with Crippen molar-refractivity contribution < 1.29 is 9.47 Å². The highest BCUT2D eigenvalue weighted by atomic mass is 79.9. The average molecular weight is 326 g/mol. The number of ether oxygens (including phenoxy) is 2. The van der Waals surface area contributed by atoms with Crippen LogP contribution in [0, 0.1) is 5.92 Å². The van der Waals surface area contributed by atoms with Crippen LogP contribution in [0.3, 0.4) is 0 Å². The van der Waals surface area contributed by atoms with E-state index in [9.17, 15) is 0 Å². The Balaban J connectivity index is 1.57. The van der Waals surface area contributed by atoms with Crippen molar-refractivity contribution in [3.05, 3.63) is 27.7 Å². The van der Waals surface area contributed by atoms with Crippen molar-refractivity contribution in [2.24, 2.45) is 5.92 Å². The maximum absolute atomic E-state index is 5.74. The molecule has 0 amide bonds. The summed E-state index contributed by atoms with van der Waals surface area (Å²) in [4.78, 5) is 0. The van der Waals surface area contributed by atoms with Crippen molar-refractivity contribution in [1.29, 1.82) is 0 Å². The Morgan fingerprint density at radius 3 is 3.11 bits per heavy atom. The lowest BCUT2D eigenvalue weighted by Gasteiger charge is -2.22. The molecule has 0 saturated carbocycles.